The maximum atomic E-state index is 11.7. The van der Waals surface area contributed by atoms with E-state index in [0.29, 0.717) is 5.75 Å². The van der Waals surface area contributed by atoms with E-state index in [0.717, 1.165) is 0 Å². The first-order valence-corrected chi connectivity index (χ1v) is 6.66. The van der Waals surface area contributed by atoms with Crippen LogP contribution in [0.2, 0.25) is 0 Å². The van der Waals surface area contributed by atoms with Crippen molar-refractivity contribution >= 4 is 12.1 Å². The van der Waals surface area contributed by atoms with Crippen molar-refractivity contribution in [1.82, 2.24) is 5.32 Å². The third-order valence-corrected chi connectivity index (χ3v) is 2.68. The maximum Gasteiger partial charge on any atom is 0.408 e. The smallest absolute Gasteiger partial charge is 0.408 e. The third-order valence-electron chi connectivity index (χ3n) is 2.68. The summed E-state index contributed by atoms with van der Waals surface area (Å²) >= 11 is 0. The highest BCUT2D eigenvalue weighted by atomic mass is 16.6. The Bertz CT molecular complexity index is 537. The SMILES string of the molecule is COc1cccc([C@H](O)[C@H](NC(=O)OC(C)(C)C)C(=O)[O-])c1. The largest absolute Gasteiger partial charge is 0.548 e. The van der Waals surface area contributed by atoms with Crippen LogP contribution in [0.15, 0.2) is 24.3 Å². The topological polar surface area (TPSA) is 108 Å². The summed E-state index contributed by atoms with van der Waals surface area (Å²) in [6, 6.07) is 4.57. The van der Waals surface area contributed by atoms with Gasteiger partial charge in [0.2, 0.25) is 0 Å². The van der Waals surface area contributed by atoms with Crippen molar-refractivity contribution in [2.75, 3.05) is 7.11 Å². The van der Waals surface area contributed by atoms with Crippen LogP contribution in [0.5, 0.6) is 5.75 Å². The number of alkyl carbamates (subject to hydrolysis) is 1. The molecule has 7 heteroatoms. The molecular formula is C15H20NO6-. The van der Waals surface area contributed by atoms with Gasteiger partial charge >= 0.3 is 6.09 Å². The van der Waals surface area contributed by atoms with Gasteiger partial charge in [-0.3, -0.25) is 0 Å². The molecule has 0 fully saturated rings. The lowest BCUT2D eigenvalue weighted by Gasteiger charge is -2.27. The molecule has 0 aromatic heterocycles. The number of carbonyl (C=O) groups excluding carboxylic acids is 2. The van der Waals surface area contributed by atoms with Crippen molar-refractivity contribution in [2.45, 2.75) is 38.5 Å². The van der Waals surface area contributed by atoms with Crippen molar-refractivity contribution in [3.8, 4) is 5.75 Å². The molecular weight excluding hydrogens is 290 g/mol. The fourth-order valence-electron chi connectivity index (χ4n) is 1.72. The minimum atomic E-state index is -1.65. The Labute approximate surface area is 128 Å². The molecule has 0 saturated heterocycles. The zero-order chi connectivity index (χ0) is 16.9. The van der Waals surface area contributed by atoms with E-state index >= 15 is 0 Å². The van der Waals surface area contributed by atoms with Crippen molar-refractivity contribution in [3.05, 3.63) is 29.8 Å². The van der Waals surface area contributed by atoms with Crippen LogP contribution >= 0.6 is 0 Å². The molecule has 0 unspecified atom stereocenters. The van der Waals surface area contributed by atoms with Crippen LogP contribution in [0.4, 0.5) is 4.79 Å². The normalized spacial score (nSPS) is 13.9. The van der Waals surface area contributed by atoms with Crippen LogP contribution in [0.3, 0.4) is 0 Å². The molecule has 0 radical (unpaired) electrons. The summed E-state index contributed by atoms with van der Waals surface area (Å²) in [6.45, 7) is 4.91. The average Bonchev–Trinajstić information content (AvgIpc) is 2.42. The quantitative estimate of drug-likeness (QED) is 0.813. The molecule has 7 nitrogen and oxygen atoms in total. The minimum Gasteiger partial charge on any atom is -0.548 e. The van der Waals surface area contributed by atoms with Crippen LogP contribution < -0.4 is 15.2 Å². The average molecular weight is 310 g/mol. The highest BCUT2D eigenvalue weighted by Crippen LogP contribution is 2.22. The van der Waals surface area contributed by atoms with Crippen molar-refractivity contribution in [2.24, 2.45) is 0 Å². The van der Waals surface area contributed by atoms with E-state index in [1.165, 1.54) is 19.2 Å². The number of amides is 1. The molecule has 122 valence electrons. The molecule has 1 aromatic rings. The first-order valence-electron chi connectivity index (χ1n) is 6.66. The predicted octanol–water partition coefficient (Wildman–Crippen LogP) is 0.372. The van der Waals surface area contributed by atoms with E-state index in [1.54, 1.807) is 32.9 Å². The summed E-state index contributed by atoms with van der Waals surface area (Å²) in [5.74, 6) is -1.17. The molecule has 0 aliphatic heterocycles. The number of nitrogens with one attached hydrogen (secondary N) is 1. The molecule has 0 aliphatic rings. The van der Waals surface area contributed by atoms with Crippen LogP contribution in [-0.4, -0.2) is 35.9 Å². The molecule has 0 spiro atoms. The van der Waals surface area contributed by atoms with E-state index in [-0.39, 0.29) is 5.56 Å². The number of benzene rings is 1. The van der Waals surface area contributed by atoms with Crippen LogP contribution in [-0.2, 0) is 9.53 Å². The monoisotopic (exact) mass is 310 g/mol. The molecule has 0 saturated carbocycles. The van der Waals surface area contributed by atoms with E-state index < -0.39 is 29.8 Å². The number of aliphatic hydroxyl groups excluding tert-OH is 1. The van der Waals surface area contributed by atoms with E-state index in [2.05, 4.69) is 5.32 Å². The van der Waals surface area contributed by atoms with Crippen molar-refractivity contribution < 1.29 is 29.3 Å². The summed E-state index contributed by atoms with van der Waals surface area (Å²) in [4.78, 5) is 22.9. The van der Waals surface area contributed by atoms with E-state index in [1.807, 2.05) is 0 Å². The highest BCUT2D eigenvalue weighted by molar-refractivity contribution is 5.79. The molecule has 1 aromatic carbocycles. The molecule has 0 bridgehead atoms. The van der Waals surface area contributed by atoms with Crippen LogP contribution in [0.1, 0.15) is 32.4 Å². The van der Waals surface area contributed by atoms with Gasteiger partial charge in [-0.15, -0.1) is 0 Å². The van der Waals surface area contributed by atoms with Gasteiger partial charge in [-0.25, -0.2) is 4.79 Å². The molecule has 2 N–H and O–H groups in total. The summed E-state index contributed by atoms with van der Waals surface area (Å²) in [5, 5.41) is 23.5. The van der Waals surface area contributed by atoms with Gasteiger partial charge in [-0.1, -0.05) is 12.1 Å². The van der Waals surface area contributed by atoms with Gasteiger partial charge in [0.15, 0.2) is 0 Å². The number of hydrogen-bond donors (Lipinski definition) is 2. The minimum absolute atomic E-state index is 0.268. The lowest BCUT2D eigenvalue weighted by Crippen LogP contribution is -2.52. The molecule has 2 atom stereocenters. The van der Waals surface area contributed by atoms with Gasteiger partial charge in [-0.2, -0.15) is 0 Å². The van der Waals surface area contributed by atoms with Crippen LogP contribution in [0.25, 0.3) is 0 Å². The Morgan fingerprint density at radius 3 is 2.45 bits per heavy atom. The molecule has 0 aliphatic carbocycles. The number of hydrogen-bond acceptors (Lipinski definition) is 6. The number of aliphatic carboxylic acids is 1. The molecule has 22 heavy (non-hydrogen) atoms. The third kappa shape index (κ3) is 5.25. The van der Waals surface area contributed by atoms with Gasteiger partial charge in [0.05, 0.1) is 13.1 Å². The Morgan fingerprint density at radius 2 is 1.95 bits per heavy atom. The lowest BCUT2D eigenvalue weighted by atomic mass is 10.0. The zero-order valence-corrected chi connectivity index (χ0v) is 13.0. The number of carboxylic acids is 1. The van der Waals surface area contributed by atoms with E-state index in [9.17, 15) is 19.8 Å². The fraction of sp³-hybridized carbons (Fsp3) is 0.467. The Morgan fingerprint density at radius 1 is 1.32 bits per heavy atom. The van der Waals surface area contributed by atoms with Crippen molar-refractivity contribution in [1.29, 1.82) is 0 Å². The number of ether oxygens (including phenoxy) is 2. The molecule has 0 heterocycles. The standard InChI is InChI=1S/C15H21NO6/c1-15(2,3)22-14(20)16-11(13(18)19)12(17)9-6-5-7-10(8-9)21-4/h5-8,11-12,17H,1-4H3,(H,16,20)(H,18,19)/p-1/t11-,12-/m0/s1. The Kier molecular flexibility index (Phi) is 5.76. The lowest BCUT2D eigenvalue weighted by molar-refractivity contribution is -0.310. The second kappa shape index (κ2) is 7.13. The summed E-state index contributed by atoms with van der Waals surface area (Å²) in [5.41, 5.74) is -0.522. The second-order valence-corrected chi connectivity index (χ2v) is 5.66. The van der Waals surface area contributed by atoms with Gasteiger partial charge in [0.1, 0.15) is 23.5 Å². The summed E-state index contributed by atoms with van der Waals surface area (Å²) < 4.78 is 9.98. The van der Waals surface area contributed by atoms with Gasteiger partial charge in [0, 0.05) is 0 Å². The molecule has 1 rings (SSSR count). The summed E-state index contributed by atoms with van der Waals surface area (Å²) in [6.07, 6.45) is -2.46. The van der Waals surface area contributed by atoms with Gasteiger partial charge in [-0.05, 0) is 38.5 Å². The summed E-state index contributed by atoms with van der Waals surface area (Å²) in [7, 11) is 1.45. The number of carbonyl (C=O) groups is 2. The second-order valence-electron chi connectivity index (χ2n) is 5.66. The number of aliphatic hydroxyl groups is 1. The fourth-order valence-corrected chi connectivity index (χ4v) is 1.72. The number of carboxylic acid groups (broad SMARTS) is 1. The maximum absolute atomic E-state index is 11.7. The number of rotatable bonds is 5. The number of methoxy groups -OCH3 is 1. The van der Waals surface area contributed by atoms with Gasteiger partial charge < -0.3 is 29.8 Å². The van der Waals surface area contributed by atoms with Gasteiger partial charge in [0.25, 0.3) is 0 Å². The Hall–Kier alpha value is -2.28. The first kappa shape index (κ1) is 17.8. The Balaban J connectivity index is 2.90. The van der Waals surface area contributed by atoms with Crippen molar-refractivity contribution in [3.63, 3.8) is 0 Å². The van der Waals surface area contributed by atoms with Crippen LogP contribution in [0, 0.1) is 0 Å². The first-order chi connectivity index (χ1) is 10.1. The zero-order valence-electron chi connectivity index (χ0n) is 13.0. The highest BCUT2D eigenvalue weighted by Gasteiger charge is 2.27. The predicted molar refractivity (Wildman–Crippen MR) is 76.1 cm³/mol. The molecule has 1 amide bonds. The van der Waals surface area contributed by atoms with E-state index in [4.69, 9.17) is 9.47 Å².